The van der Waals surface area contributed by atoms with Crippen LogP contribution in [-0.2, 0) is 4.79 Å². The maximum atomic E-state index is 9.85. The molecule has 0 spiro atoms. The van der Waals surface area contributed by atoms with Crippen molar-refractivity contribution in [1.29, 1.82) is 0 Å². The molecule has 0 amide bonds. The summed E-state index contributed by atoms with van der Waals surface area (Å²) in [5, 5.41) is 0. The Balaban J connectivity index is 3.28. The highest BCUT2D eigenvalue weighted by Crippen LogP contribution is 2.04. The molecule has 0 unspecified atom stereocenters. The summed E-state index contributed by atoms with van der Waals surface area (Å²) < 4.78 is 1.98. The first-order valence-electron chi connectivity index (χ1n) is 3.14. The first kappa shape index (κ1) is 8.98. The first-order valence-corrected chi connectivity index (χ1v) is 3.91. The van der Waals surface area contributed by atoms with Crippen LogP contribution in [-0.4, -0.2) is 23.0 Å². The van der Waals surface area contributed by atoms with Crippen molar-refractivity contribution in [3.05, 3.63) is 0 Å². The third-order valence-corrected chi connectivity index (χ3v) is 1.77. The SMILES string of the molecule is CCCN(CC)S[C]=O. The molecule has 0 atom stereocenters. The lowest BCUT2D eigenvalue weighted by Crippen LogP contribution is -2.15. The molecule has 9 heavy (non-hydrogen) atoms. The lowest BCUT2D eigenvalue weighted by atomic mass is 10.5. The molecule has 0 rings (SSSR count). The van der Waals surface area contributed by atoms with E-state index in [1.807, 2.05) is 11.2 Å². The van der Waals surface area contributed by atoms with Gasteiger partial charge < -0.3 is 0 Å². The molecule has 0 heterocycles. The average Bonchev–Trinajstić information content (AvgIpc) is 1.88. The number of hydrogen-bond acceptors (Lipinski definition) is 3. The Morgan fingerprint density at radius 3 is 2.56 bits per heavy atom. The highest BCUT2D eigenvalue weighted by Gasteiger charge is 1.98. The molecule has 0 N–H and O–H groups in total. The van der Waals surface area contributed by atoms with Crippen LogP contribution in [0.5, 0.6) is 0 Å². The maximum Gasteiger partial charge on any atom is 0.282 e. The van der Waals surface area contributed by atoms with Crippen LogP contribution >= 0.6 is 11.9 Å². The van der Waals surface area contributed by atoms with Gasteiger partial charge in [-0.15, -0.1) is 0 Å². The molecule has 2 nitrogen and oxygen atoms in total. The van der Waals surface area contributed by atoms with Gasteiger partial charge in [0.25, 0.3) is 5.62 Å². The lowest BCUT2D eigenvalue weighted by Gasteiger charge is -2.12. The van der Waals surface area contributed by atoms with Gasteiger partial charge in [-0.3, -0.25) is 4.79 Å². The monoisotopic (exact) mass is 146 g/mol. The largest absolute Gasteiger partial charge is 0.282 e. The van der Waals surface area contributed by atoms with Gasteiger partial charge in [0.05, 0.1) is 0 Å². The van der Waals surface area contributed by atoms with E-state index in [1.54, 1.807) is 5.62 Å². The van der Waals surface area contributed by atoms with Crippen molar-refractivity contribution < 1.29 is 4.79 Å². The lowest BCUT2D eigenvalue weighted by molar-refractivity contribution is 0.494. The fourth-order valence-corrected chi connectivity index (χ4v) is 1.08. The van der Waals surface area contributed by atoms with Crippen LogP contribution in [0, 0.1) is 0 Å². The molecule has 0 aromatic heterocycles. The van der Waals surface area contributed by atoms with Gasteiger partial charge in [0, 0.05) is 25.0 Å². The second kappa shape index (κ2) is 6.11. The Labute approximate surface area is 60.7 Å². The van der Waals surface area contributed by atoms with E-state index >= 15 is 0 Å². The zero-order chi connectivity index (χ0) is 7.11. The fourth-order valence-electron chi connectivity index (χ4n) is 0.570. The fraction of sp³-hybridized carbons (Fsp3) is 0.833. The second-order valence-electron chi connectivity index (χ2n) is 1.70. The quantitative estimate of drug-likeness (QED) is 0.547. The number of hydrogen-bond donors (Lipinski definition) is 0. The predicted octanol–water partition coefficient (Wildman–Crippen LogP) is 1.43. The molecule has 0 aromatic carbocycles. The topological polar surface area (TPSA) is 20.3 Å². The Bertz CT molecular complexity index is 77.5. The van der Waals surface area contributed by atoms with E-state index in [0.29, 0.717) is 0 Å². The summed E-state index contributed by atoms with van der Waals surface area (Å²) >= 11 is 1.13. The van der Waals surface area contributed by atoms with Crippen LogP contribution in [0.15, 0.2) is 0 Å². The Morgan fingerprint density at radius 2 is 2.22 bits per heavy atom. The smallest absolute Gasteiger partial charge is 0.276 e. The zero-order valence-electron chi connectivity index (χ0n) is 5.89. The minimum atomic E-state index is 0.910. The molecule has 0 aliphatic heterocycles. The van der Waals surface area contributed by atoms with Crippen LogP contribution in [0.3, 0.4) is 0 Å². The summed E-state index contributed by atoms with van der Waals surface area (Å²) in [6.07, 6.45) is 1.09. The average molecular weight is 146 g/mol. The molecule has 3 heteroatoms. The van der Waals surface area contributed by atoms with Crippen molar-refractivity contribution >= 4 is 17.6 Å². The standard InChI is InChI=1S/C6H12NOS/c1-3-5-7(4-2)9-6-8/h3-5H2,1-2H3. The molecule has 0 saturated heterocycles. The van der Waals surface area contributed by atoms with E-state index < -0.39 is 0 Å². The molecule has 0 aliphatic carbocycles. The highest BCUT2D eigenvalue weighted by molar-refractivity contribution is 8.09. The summed E-state index contributed by atoms with van der Waals surface area (Å²) in [4.78, 5) is 9.85. The minimum Gasteiger partial charge on any atom is -0.276 e. The van der Waals surface area contributed by atoms with Crippen molar-refractivity contribution in [3.63, 3.8) is 0 Å². The molecular formula is C6H12NOS. The van der Waals surface area contributed by atoms with Crippen LogP contribution in [0.25, 0.3) is 0 Å². The van der Waals surface area contributed by atoms with Gasteiger partial charge in [0.1, 0.15) is 0 Å². The van der Waals surface area contributed by atoms with Gasteiger partial charge in [-0.05, 0) is 6.42 Å². The van der Waals surface area contributed by atoms with Crippen LogP contribution in [0.2, 0.25) is 0 Å². The second-order valence-corrected chi connectivity index (χ2v) is 2.56. The number of carbonyl (C=O) groups excluding carboxylic acids is 1. The van der Waals surface area contributed by atoms with E-state index in [9.17, 15) is 4.79 Å². The van der Waals surface area contributed by atoms with E-state index in [2.05, 4.69) is 6.92 Å². The summed E-state index contributed by atoms with van der Waals surface area (Å²) in [6.45, 7) is 6.00. The van der Waals surface area contributed by atoms with Gasteiger partial charge in [0.2, 0.25) is 0 Å². The Morgan fingerprint density at radius 1 is 1.56 bits per heavy atom. The molecular weight excluding hydrogens is 134 g/mol. The summed E-state index contributed by atoms with van der Waals surface area (Å²) in [5.41, 5.74) is 1.80. The number of rotatable bonds is 5. The molecule has 0 fully saturated rings. The van der Waals surface area contributed by atoms with Crippen molar-refractivity contribution in [3.8, 4) is 0 Å². The Hall–Kier alpha value is -0.0200. The van der Waals surface area contributed by atoms with Gasteiger partial charge in [-0.2, -0.15) is 0 Å². The third-order valence-electron chi connectivity index (χ3n) is 0.992. The molecule has 0 aromatic rings. The summed E-state index contributed by atoms with van der Waals surface area (Å²) in [7, 11) is 0. The van der Waals surface area contributed by atoms with Crippen molar-refractivity contribution in [2.24, 2.45) is 0 Å². The summed E-state index contributed by atoms with van der Waals surface area (Å²) in [6, 6.07) is 0. The van der Waals surface area contributed by atoms with E-state index in [-0.39, 0.29) is 0 Å². The van der Waals surface area contributed by atoms with Gasteiger partial charge in [0.15, 0.2) is 0 Å². The van der Waals surface area contributed by atoms with Crippen LogP contribution in [0.4, 0.5) is 0 Å². The van der Waals surface area contributed by atoms with Gasteiger partial charge >= 0.3 is 0 Å². The van der Waals surface area contributed by atoms with Gasteiger partial charge in [-0.25, -0.2) is 4.31 Å². The molecule has 0 aliphatic rings. The van der Waals surface area contributed by atoms with Crippen molar-refractivity contribution in [2.45, 2.75) is 20.3 Å². The van der Waals surface area contributed by atoms with E-state index in [1.165, 1.54) is 0 Å². The predicted molar refractivity (Wildman–Crippen MR) is 40.8 cm³/mol. The van der Waals surface area contributed by atoms with Crippen molar-refractivity contribution in [1.82, 2.24) is 4.31 Å². The molecule has 0 saturated carbocycles. The maximum absolute atomic E-state index is 9.85. The molecule has 53 valence electrons. The number of nitrogens with zero attached hydrogens (tertiary/aromatic N) is 1. The van der Waals surface area contributed by atoms with Crippen LogP contribution < -0.4 is 0 Å². The Kier molecular flexibility index (Phi) is 6.09. The molecule has 0 bridgehead atoms. The molecule has 1 radical (unpaired) electrons. The normalized spacial score (nSPS) is 10.1. The highest BCUT2D eigenvalue weighted by atomic mass is 32.2. The van der Waals surface area contributed by atoms with E-state index in [4.69, 9.17) is 0 Å². The minimum absolute atomic E-state index is 0.910. The van der Waals surface area contributed by atoms with Crippen molar-refractivity contribution in [2.75, 3.05) is 13.1 Å². The third kappa shape index (κ3) is 4.48. The van der Waals surface area contributed by atoms with Gasteiger partial charge in [-0.1, -0.05) is 13.8 Å². The summed E-state index contributed by atoms with van der Waals surface area (Å²) in [5.74, 6) is 0. The van der Waals surface area contributed by atoms with E-state index in [0.717, 1.165) is 31.5 Å². The first-order chi connectivity index (χ1) is 4.35. The van der Waals surface area contributed by atoms with Crippen LogP contribution in [0.1, 0.15) is 20.3 Å². The zero-order valence-corrected chi connectivity index (χ0v) is 6.70.